The minimum absolute atomic E-state index is 0.0779. The van der Waals surface area contributed by atoms with Gasteiger partial charge >= 0.3 is 0 Å². The maximum absolute atomic E-state index is 10.4. The summed E-state index contributed by atoms with van der Waals surface area (Å²) in [6, 6.07) is 0. The van der Waals surface area contributed by atoms with Gasteiger partial charge in [0.05, 0.1) is 18.0 Å². The highest BCUT2D eigenvalue weighted by atomic mass is 16.5. The molecule has 0 saturated heterocycles. The molecular weight excluding hydrogens is 212 g/mol. The fourth-order valence-electron chi connectivity index (χ4n) is 4.46. The van der Waals surface area contributed by atoms with Crippen molar-refractivity contribution < 1.29 is 9.84 Å². The second-order valence-electron chi connectivity index (χ2n) is 6.15. The SMILES string of the molecule is CCC12CCC3=C(CCC(C)O3)C1CCC2O. The van der Waals surface area contributed by atoms with Gasteiger partial charge in [0, 0.05) is 11.8 Å². The largest absolute Gasteiger partial charge is 0.495 e. The van der Waals surface area contributed by atoms with Crippen molar-refractivity contribution in [1.82, 2.24) is 0 Å². The van der Waals surface area contributed by atoms with Gasteiger partial charge in [-0.25, -0.2) is 0 Å². The summed E-state index contributed by atoms with van der Waals surface area (Å²) in [6.07, 6.45) is 8.14. The van der Waals surface area contributed by atoms with Crippen molar-refractivity contribution in [2.24, 2.45) is 11.3 Å². The molecule has 1 N–H and O–H groups in total. The Hall–Kier alpha value is -0.500. The molecule has 0 aromatic carbocycles. The summed E-state index contributed by atoms with van der Waals surface area (Å²) in [6.45, 7) is 4.42. The third kappa shape index (κ3) is 1.56. The molecule has 3 aliphatic rings. The average Bonchev–Trinajstić information content (AvgIpc) is 2.67. The molecule has 1 aliphatic heterocycles. The molecule has 0 amide bonds. The third-order valence-electron chi connectivity index (χ3n) is 5.50. The normalized spacial score (nSPS) is 45.2. The molecule has 2 heteroatoms. The lowest BCUT2D eigenvalue weighted by molar-refractivity contribution is -0.00503. The van der Waals surface area contributed by atoms with Crippen molar-refractivity contribution in [2.75, 3.05) is 0 Å². The topological polar surface area (TPSA) is 29.5 Å². The van der Waals surface area contributed by atoms with Crippen molar-refractivity contribution in [3.8, 4) is 0 Å². The van der Waals surface area contributed by atoms with E-state index in [1.807, 2.05) is 0 Å². The maximum Gasteiger partial charge on any atom is 0.0959 e. The lowest BCUT2D eigenvalue weighted by Crippen LogP contribution is -2.40. The summed E-state index contributed by atoms with van der Waals surface area (Å²) in [7, 11) is 0. The van der Waals surface area contributed by atoms with Crippen LogP contribution in [0.15, 0.2) is 11.3 Å². The van der Waals surface area contributed by atoms with Gasteiger partial charge in [0.1, 0.15) is 0 Å². The predicted molar refractivity (Wildman–Crippen MR) is 67.5 cm³/mol. The van der Waals surface area contributed by atoms with E-state index in [1.54, 1.807) is 5.57 Å². The van der Waals surface area contributed by atoms with Crippen molar-refractivity contribution >= 4 is 0 Å². The summed E-state index contributed by atoms with van der Waals surface area (Å²) in [5.74, 6) is 1.89. The number of hydrogen-bond acceptors (Lipinski definition) is 2. The number of aliphatic hydroxyl groups excluding tert-OH is 1. The molecule has 2 aliphatic carbocycles. The second-order valence-corrected chi connectivity index (χ2v) is 6.15. The lowest BCUT2D eigenvalue weighted by Gasteiger charge is -2.45. The molecule has 0 radical (unpaired) electrons. The first-order chi connectivity index (χ1) is 8.17. The minimum atomic E-state index is -0.0779. The molecule has 1 heterocycles. The van der Waals surface area contributed by atoms with Gasteiger partial charge < -0.3 is 9.84 Å². The van der Waals surface area contributed by atoms with E-state index in [0.29, 0.717) is 12.0 Å². The van der Waals surface area contributed by atoms with Crippen LogP contribution in [0.4, 0.5) is 0 Å². The molecular formula is C15H24O2. The highest BCUT2D eigenvalue weighted by molar-refractivity contribution is 5.25. The van der Waals surface area contributed by atoms with E-state index < -0.39 is 0 Å². The zero-order valence-electron chi connectivity index (χ0n) is 11.0. The van der Waals surface area contributed by atoms with Crippen LogP contribution in [0.2, 0.25) is 0 Å². The van der Waals surface area contributed by atoms with Gasteiger partial charge in [0.2, 0.25) is 0 Å². The van der Waals surface area contributed by atoms with Crippen LogP contribution in [0.1, 0.15) is 58.8 Å². The Bertz CT molecular complexity index is 347. The van der Waals surface area contributed by atoms with Crippen molar-refractivity contribution in [1.29, 1.82) is 0 Å². The number of aliphatic hydroxyl groups is 1. The first-order valence-electron chi connectivity index (χ1n) is 7.24. The predicted octanol–water partition coefficient (Wildman–Crippen LogP) is 3.40. The molecule has 4 unspecified atom stereocenters. The van der Waals surface area contributed by atoms with E-state index in [1.165, 1.54) is 18.6 Å². The highest BCUT2D eigenvalue weighted by Crippen LogP contribution is 2.58. The molecule has 0 aromatic rings. The summed E-state index contributed by atoms with van der Waals surface area (Å²) in [4.78, 5) is 0. The zero-order chi connectivity index (χ0) is 12.0. The fraction of sp³-hybridized carbons (Fsp3) is 0.867. The van der Waals surface area contributed by atoms with Crippen LogP contribution in [0, 0.1) is 11.3 Å². The van der Waals surface area contributed by atoms with Gasteiger partial charge in [-0.05, 0) is 56.9 Å². The van der Waals surface area contributed by atoms with Gasteiger partial charge in [-0.1, -0.05) is 6.92 Å². The fourth-order valence-corrected chi connectivity index (χ4v) is 4.46. The van der Waals surface area contributed by atoms with Crippen LogP contribution in [0.3, 0.4) is 0 Å². The Morgan fingerprint density at radius 1 is 1.29 bits per heavy atom. The number of ether oxygens (including phenoxy) is 1. The summed E-state index contributed by atoms with van der Waals surface area (Å²) >= 11 is 0. The molecule has 1 fully saturated rings. The van der Waals surface area contributed by atoms with Gasteiger partial charge in [0.15, 0.2) is 0 Å². The van der Waals surface area contributed by atoms with E-state index in [-0.39, 0.29) is 11.5 Å². The number of allylic oxidation sites excluding steroid dienone is 2. The van der Waals surface area contributed by atoms with Crippen LogP contribution in [0.25, 0.3) is 0 Å². The van der Waals surface area contributed by atoms with Gasteiger partial charge in [0.25, 0.3) is 0 Å². The first-order valence-corrected chi connectivity index (χ1v) is 7.24. The molecule has 1 saturated carbocycles. The molecule has 3 rings (SSSR count). The van der Waals surface area contributed by atoms with Crippen LogP contribution in [0.5, 0.6) is 0 Å². The van der Waals surface area contributed by atoms with E-state index in [0.717, 1.165) is 32.1 Å². The van der Waals surface area contributed by atoms with Gasteiger partial charge in [-0.15, -0.1) is 0 Å². The second kappa shape index (κ2) is 4.01. The lowest BCUT2D eigenvalue weighted by atomic mass is 9.63. The smallest absolute Gasteiger partial charge is 0.0959 e. The number of hydrogen-bond donors (Lipinski definition) is 1. The van der Waals surface area contributed by atoms with Crippen molar-refractivity contribution in [3.63, 3.8) is 0 Å². The molecule has 2 nitrogen and oxygen atoms in total. The van der Waals surface area contributed by atoms with Crippen LogP contribution in [-0.2, 0) is 4.74 Å². The van der Waals surface area contributed by atoms with Crippen molar-refractivity contribution in [3.05, 3.63) is 11.3 Å². The summed E-state index contributed by atoms with van der Waals surface area (Å²) in [5, 5.41) is 10.4. The molecule has 0 bridgehead atoms. The zero-order valence-corrected chi connectivity index (χ0v) is 11.0. The molecule has 0 aromatic heterocycles. The van der Waals surface area contributed by atoms with Crippen LogP contribution in [-0.4, -0.2) is 17.3 Å². The highest BCUT2D eigenvalue weighted by Gasteiger charge is 2.52. The Kier molecular flexibility index (Phi) is 2.73. The average molecular weight is 236 g/mol. The summed E-state index contributed by atoms with van der Waals surface area (Å²) < 4.78 is 6.02. The number of rotatable bonds is 1. The quantitative estimate of drug-likeness (QED) is 0.756. The summed E-state index contributed by atoms with van der Waals surface area (Å²) in [5.41, 5.74) is 1.75. The van der Waals surface area contributed by atoms with Gasteiger partial charge in [-0.3, -0.25) is 0 Å². The maximum atomic E-state index is 10.4. The molecule has 4 atom stereocenters. The Balaban J connectivity index is 1.95. The monoisotopic (exact) mass is 236 g/mol. The molecule has 0 spiro atoms. The number of fused-ring (bicyclic) bond motifs is 2. The van der Waals surface area contributed by atoms with E-state index in [9.17, 15) is 5.11 Å². The first kappa shape index (κ1) is 11.6. The Morgan fingerprint density at radius 3 is 2.88 bits per heavy atom. The minimum Gasteiger partial charge on any atom is -0.495 e. The molecule has 96 valence electrons. The molecule has 17 heavy (non-hydrogen) atoms. The Labute approximate surface area is 104 Å². The van der Waals surface area contributed by atoms with E-state index in [2.05, 4.69) is 13.8 Å². The standard InChI is InChI=1S/C15H24O2/c1-3-15-9-8-13-11(5-4-10(2)17-13)12(15)6-7-14(15)16/h10,12,14,16H,3-9H2,1-2H3. The Morgan fingerprint density at radius 2 is 2.12 bits per heavy atom. The van der Waals surface area contributed by atoms with Crippen LogP contribution < -0.4 is 0 Å². The third-order valence-corrected chi connectivity index (χ3v) is 5.50. The van der Waals surface area contributed by atoms with Crippen LogP contribution >= 0.6 is 0 Å². The van der Waals surface area contributed by atoms with Gasteiger partial charge in [-0.2, -0.15) is 0 Å². The van der Waals surface area contributed by atoms with E-state index in [4.69, 9.17) is 4.74 Å². The van der Waals surface area contributed by atoms with Crippen molar-refractivity contribution in [2.45, 2.75) is 71.0 Å². The van der Waals surface area contributed by atoms with E-state index >= 15 is 0 Å².